The van der Waals surface area contributed by atoms with Crippen molar-refractivity contribution >= 4 is 0 Å². The average molecular weight is 212 g/mol. The van der Waals surface area contributed by atoms with E-state index in [1.54, 1.807) is 0 Å². The number of hydrogen-bond donors (Lipinski definition) is 0. The van der Waals surface area contributed by atoms with Crippen molar-refractivity contribution in [2.75, 3.05) is 0 Å². The zero-order chi connectivity index (χ0) is 9.40. The van der Waals surface area contributed by atoms with Crippen LogP contribution >= 0.6 is 0 Å². The molecule has 0 saturated heterocycles. The third kappa shape index (κ3) is 13.2. The normalized spacial score (nSPS) is 6.93. The summed E-state index contributed by atoms with van der Waals surface area (Å²) < 4.78 is 0. The van der Waals surface area contributed by atoms with Crippen molar-refractivity contribution in [1.29, 1.82) is 0 Å². The molecule has 92 valence electrons. The zero-order valence-electron chi connectivity index (χ0n) is 8.72. The van der Waals surface area contributed by atoms with Gasteiger partial charge in [-0.05, 0) is 18.9 Å². The van der Waals surface area contributed by atoms with E-state index in [9.17, 15) is 0 Å². The standard InChI is InChI=1S/C9H12.C3H8.3CH4/c1-3-9-6-4-8(2)5-7-9;1-3-2;;;/h4-7H,3H2,1-2H3;3H2,1-2H3;3*1H4. The molecular formula is C15H32. The van der Waals surface area contributed by atoms with Crippen LogP contribution in [0.3, 0.4) is 0 Å². The van der Waals surface area contributed by atoms with E-state index in [-0.39, 0.29) is 22.3 Å². The minimum Gasteiger partial charge on any atom is -0.0776 e. The first-order valence-corrected chi connectivity index (χ1v) is 4.80. The van der Waals surface area contributed by atoms with E-state index in [1.807, 2.05) is 0 Å². The molecule has 0 aliphatic heterocycles. The van der Waals surface area contributed by atoms with Crippen LogP contribution in [0.25, 0.3) is 0 Å². The highest BCUT2D eigenvalue weighted by Gasteiger charge is 1.84. The Balaban J connectivity index is -0.0000000917. The van der Waals surface area contributed by atoms with E-state index in [2.05, 4.69) is 52.0 Å². The molecule has 0 amide bonds. The lowest BCUT2D eigenvalue weighted by atomic mass is 10.1. The van der Waals surface area contributed by atoms with Gasteiger partial charge in [-0.15, -0.1) is 0 Å². The summed E-state index contributed by atoms with van der Waals surface area (Å²) in [4.78, 5) is 0. The first kappa shape index (κ1) is 23.8. The second-order valence-electron chi connectivity index (χ2n) is 3.05. The second-order valence-corrected chi connectivity index (χ2v) is 3.05. The molecule has 0 heterocycles. The first-order valence-electron chi connectivity index (χ1n) is 4.80. The largest absolute Gasteiger partial charge is 0.0776 e. The quantitative estimate of drug-likeness (QED) is 0.545. The van der Waals surface area contributed by atoms with Gasteiger partial charge < -0.3 is 0 Å². The molecule has 0 atom stereocenters. The molecule has 0 bridgehead atoms. The molecule has 0 aliphatic rings. The fourth-order valence-electron chi connectivity index (χ4n) is 0.824. The highest BCUT2D eigenvalue weighted by atomic mass is 13.9. The van der Waals surface area contributed by atoms with Gasteiger partial charge in [0.2, 0.25) is 0 Å². The molecule has 0 fully saturated rings. The first-order chi connectivity index (χ1) is 5.74. The molecule has 1 aromatic rings. The van der Waals surface area contributed by atoms with E-state index in [1.165, 1.54) is 17.5 Å². The Morgan fingerprint density at radius 3 is 1.40 bits per heavy atom. The Hall–Kier alpha value is -0.780. The summed E-state index contributed by atoms with van der Waals surface area (Å²) in [7, 11) is 0. The fourth-order valence-corrected chi connectivity index (χ4v) is 0.824. The van der Waals surface area contributed by atoms with Gasteiger partial charge in [0.05, 0.1) is 0 Å². The summed E-state index contributed by atoms with van der Waals surface area (Å²) in [5.74, 6) is 0. The highest BCUT2D eigenvalue weighted by molar-refractivity contribution is 5.20. The number of benzene rings is 1. The fraction of sp³-hybridized carbons (Fsp3) is 0.600. The molecule has 1 aromatic carbocycles. The van der Waals surface area contributed by atoms with Crippen LogP contribution in [0, 0.1) is 6.92 Å². The smallest absolute Gasteiger partial charge is 0.0307 e. The minimum absolute atomic E-state index is 0. The summed E-state index contributed by atoms with van der Waals surface area (Å²) in [6.07, 6.45) is 2.39. The average Bonchev–Trinajstić information content (AvgIpc) is 2.07. The SMILES string of the molecule is C.C.C.CCC.CCc1ccc(C)cc1. The Bertz CT molecular complexity index is 184. The van der Waals surface area contributed by atoms with Crippen LogP contribution in [0.4, 0.5) is 0 Å². The second kappa shape index (κ2) is 15.7. The number of hydrogen-bond acceptors (Lipinski definition) is 0. The van der Waals surface area contributed by atoms with Crippen LogP contribution in [-0.4, -0.2) is 0 Å². The summed E-state index contributed by atoms with van der Waals surface area (Å²) in [5, 5.41) is 0. The van der Waals surface area contributed by atoms with Gasteiger partial charge >= 0.3 is 0 Å². The lowest BCUT2D eigenvalue weighted by Gasteiger charge is -1.94. The van der Waals surface area contributed by atoms with Crippen LogP contribution in [0.2, 0.25) is 0 Å². The molecule has 1 rings (SSSR count). The van der Waals surface area contributed by atoms with Crippen LogP contribution < -0.4 is 0 Å². The lowest BCUT2D eigenvalue weighted by molar-refractivity contribution is 1.09. The molecule has 0 aromatic heterocycles. The number of rotatable bonds is 1. The van der Waals surface area contributed by atoms with Crippen LogP contribution in [0.15, 0.2) is 24.3 Å². The molecule has 0 spiro atoms. The van der Waals surface area contributed by atoms with Gasteiger partial charge in [-0.1, -0.05) is 79.3 Å². The Morgan fingerprint density at radius 2 is 1.13 bits per heavy atom. The monoisotopic (exact) mass is 212 g/mol. The third-order valence-electron chi connectivity index (χ3n) is 1.53. The maximum atomic E-state index is 2.18. The molecule has 0 heteroatoms. The minimum atomic E-state index is 0. The van der Waals surface area contributed by atoms with Gasteiger partial charge in [-0.3, -0.25) is 0 Å². The van der Waals surface area contributed by atoms with Crippen molar-refractivity contribution in [1.82, 2.24) is 0 Å². The van der Waals surface area contributed by atoms with E-state index in [0.29, 0.717) is 0 Å². The maximum absolute atomic E-state index is 2.18. The van der Waals surface area contributed by atoms with Gasteiger partial charge in [0, 0.05) is 0 Å². The van der Waals surface area contributed by atoms with Crippen molar-refractivity contribution in [2.45, 2.75) is 62.8 Å². The van der Waals surface area contributed by atoms with Gasteiger partial charge in [0.25, 0.3) is 0 Å². The van der Waals surface area contributed by atoms with Crippen molar-refractivity contribution in [2.24, 2.45) is 0 Å². The van der Waals surface area contributed by atoms with Gasteiger partial charge in [-0.25, -0.2) is 0 Å². The van der Waals surface area contributed by atoms with Gasteiger partial charge in [0.15, 0.2) is 0 Å². The molecule has 0 N–H and O–H groups in total. The van der Waals surface area contributed by atoms with Gasteiger partial charge in [-0.2, -0.15) is 0 Å². The van der Waals surface area contributed by atoms with E-state index in [0.717, 1.165) is 6.42 Å². The topological polar surface area (TPSA) is 0 Å². The molecule has 0 nitrogen and oxygen atoms in total. The molecule has 0 unspecified atom stereocenters. The zero-order valence-corrected chi connectivity index (χ0v) is 8.72. The predicted molar refractivity (Wildman–Crippen MR) is 76.7 cm³/mol. The molecule has 0 radical (unpaired) electrons. The molecule has 0 saturated carbocycles. The Kier molecular flexibility index (Phi) is 24.9. The van der Waals surface area contributed by atoms with E-state index in [4.69, 9.17) is 0 Å². The molecule has 0 aliphatic carbocycles. The molecule has 15 heavy (non-hydrogen) atoms. The predicted octanol–water partition coefficient (Wildman–Crippen LogP) is 5.88. The van der Waals surface area contributed by atoms with E-state index < -0.39 is 0 Å². The summed E-state index contributed by atoms with van der Waals surface area (Å²) >= 11 is 0. The number of aryl methyl sites for hydroxylation is 2. The molecular weight excluding hydrogens is 180 g/mol. The van der Waals surface area contributed by atoms with Crippen molar-refractivity contribution in [3.05, 3.63) is 35.4 Å². The summed E-state index contributed by atoms with van der Waals surface area (Å²) in [5.41, 5.74) is 2.76. The van der Waals surface area contributed by atoms with E-state index >= 15 is 0 Å². The Labute approximate surface area is 98.7 Å². The van der Waals surface area contributed by atoms with Gasteiger partial charge in [0.1, 0.15) is 0 Å². The van der Waals surface area contributed by atoms with Crippen LogP contribution in [0.1, 0.15) is 60.6 Å². The van der Waals surface area contributed by atoms with Crippen molar-refractivity contribution in [3.8, 4) is 0 Å². The third-order valence-corrected chi connectivity index (χ3v) is 1.53. The lowest BCUT2D eigenvalue weighted by Crippen LogP contribution is -1.77. The maximum Gasteiger partial charge on any atom is -0.0307 e. The Morgan fingerprint density at radius 1 is 0.800 bits per heavy atom. The van der Waals surface area contributed by atoms with Crippen LogP contribution in [0.5, 0.6) is 0 Å². The highest BCUT2D eigenvalue weighted by Crippen LogP contribution is 2.02. The van der Waals surface area contributed by atoms with Crippen LogP contribution in [-0.2, 0) is 6.42 Å². The summed E-state index contributed by atoms with van der Waals surface area (Å²) in [6, 6.07) is 8.66. The van der Waals surface area contributed by atoms with Crippen molar-refractivity contribution < 1.29 is 0 Å². The van der Waals surface area contributed by atoms with Crippen molar-refractivity contribution in [3.63, 3.8) is 0 Å². The summed E-state index contributed by atoms with van der Waals surface area (Å²) in [6.45, 7) is 8.53.